The zero-order valence-corrected chi connectivity index (χ0v) is 16.4. The highest BCUT2D eigenvalue weighted by Crippen LogP contribution is 2.27. The highest BCUT2D eigenvalue weighted by Gasteiger charge is 2.20. The summed E-state index contributed by atoms with van der Waals surface area (Å²) in [5, 5.41) is 15.0. The number of nitrogens with zero attached hydrogens (tertiary/aromatic N) is 4. The Hall–Kier alpha value is -2.87. The number of ether oxygens (including phenoxy) is 1. The van der Waals surface area contributed by atoms with Crippen molar-refractivity contribution in [3.05, 3.63) is 53.6 Å². The molecule has 3 rings (SSSR count). The Bertz CT molecular complexity index is 957. The van der Waals surface area contributed by atoms with E-state index in [4.69, 9.17) is 4.74 Å². The van der Waals surface area contributed by atoms with Crippen molar-refractivity contribution in [2.45, 2.75) is 31.2 Å². The van der Waals surface area contributed by atoms with E-state index >= 15 is 0 Å². The van der Waals surface area contributed by atoms with Gasteiger partial charge in [0, 0.05) is 0 Å². The number of methoxy groups -OCH3 is 1. The first-order chi connectivity index (χ1) is 13.0. The Balaban J connectivity index is 1.76. The van der Waals surface area contributed by atoms with Gasteiger partial charge in [-0.05, 0) is 55.0 Å². The minimum Gasteiger partial charge on any atom is -0.495 e. The first-order valence-corrected chi connectivity index (χ1v) is 9.34. The van der Waals surface area contributed by atoms with Crippen molar-refractivity contribution in [2.24, 2.45) is 0 Å². The van der Waals surface area contributed by atoms with E-state index in [9.17, 15) is 4.79 Å². The molecule has 1 amide bonds. The molecule has 27 heavy (non-hydrogen) atoms. The van der Waals surface area contributed by atoms with Gasteiger partial charge in [-0.2, -0.15) is 4.68 Å². The molecule has 0 aliphatic rings. The first kappa shape index (κ1) is 18.9. The van der Waals surface area contributed by atoms with Gasteiger partial charge in [0.25, 0.3) is 0 Å². The smallest absolute Gasteiger partial charge is 0.237 e. The number of aryl methyl sites for hydroxylation is 2. The summed E-state index contributed by atoms with van der Waals surface area (Å²) in [4.78, 5) is 12.6. The number of nitrogens with one attached hydrogen (secondary N) is 1. The molecule has 0 unspecified atom stereocenters. The van der Waals surface area contributed by atoms with Crippen LogP contribution in [0.1, 0.15) is 18.1 Å². The third kappa shape index (κ3) is 4.28. The topological polar surface area (TPSA) is 81.9 Å². The van der Waals surface area contributed by atoms with Gasteiger partial charge in [0.1, 0.15) is 5.75 Å². The number of hydrogen-bond acceptors (Lipinski definition) is 6. The second-order valence-electron chi connectivity index (χ2n) is 6.11. The van der Waals surface area contributed by atoms with Gasteiger partial charge >= 0.3 is 0 Å². The number of hydrogen-bond donors (Lipinski definition) is 1. The van der Waals surface area contributed by atoms with E-state index in [1.54, 1.807) is 23.9 Å². The summed E-state index contributed by atoms with van der Waals surface area (Å²) in [6.07, 6.45) is 0. The van der Waals surface area contributed by atoms with E-state index in [0.29, 0.717) is 16.6 Å². The Labute approximate surface area is 162 Å². The fourth-order valence-electron chi connectivity index (χ4n) is 2.64. The number of aromatic nitrogens is 4. The summed E-state index contributed by atoms with van der Waals surface area (Å²) in [6, 6.07) is 13.4. The van der Waals surface area contributed by atoms with Crippen molar-refractivity contribution in [2.75, 3.05) is 12.4 Å². The second-order valence-corrected chi connectivity index (χ2v) is 7.42. The monoisotopic (exact) mass is 383 g/mol. The molecule has 3 aromatic rings. The van der Waals surface area contributed by atoms with Crippen LogP contribution in [-0.2, 0) is 4.79 Å². The van der Waals surface area contributed by atoms with Crippen molar-refractivity contribution in [3.63, 3.8) is 0 Å². The summed E-state index contributed by atoms with van der Waals surface area (Å²) in [6.45, 7) is 5.86. The fraction of sp³-hybridized carbons (Fsp3) is 0.263. The zero-order valence-electron chi connectivity index (χ0n) is 15.6. The summed E-state index contributed by atoms with van der Waals surface area (Å²) in [5.74, 6) is 0.461. The van der Waals surface area contributed by atoms with E-state index in [0.717, 1.165) is 11.3 Å². The SMILES string of the molecule is COc1ccccc1NC(=O)[C@@H](C)Sc1nnnn1-c1ccc(C)cc1C. The number of anilines is 1. The molecule has 0 bridgehead atoms. The predicted octanol–water partition coefficient (Wildman–Crippen LogP) is 3.41. The predicted molar refractivity (Wildman–Crippen MR) is 106 cm³/mol. The molecule has 1 heterocycles. The number of amides is 1. The molecule has 2 aromatic carbocycles. The molecule has 7 nitrogen and oxygen atoms in total. The fourth-order valence-corrected chi connectivity index (χ4v) is 3.44. The average molecular weight is 383 g/mol. The van der Waals surface area contributed by atoms with E-state index in [1.807, 2.05) is 45.0 Å². The first-order valence-electron chi connectivity index (χ1n) is 8.46. The van der Waals surface area contributed by atoms with E-state index in [1.165, 1.54) is 17.3 Å². The lowest BCUT2D eigenvalue weighted by molar-refractivity contribution is -0.115. The minimum atomic E-state index is -0.398. The van der Waals surface area contributed by atoms with Crippen LogP contribution in [0, 0.1) is 13.8 Å². The molecular formula is C19H21N5O2S. The van der Waals surface area contributed by atoms with Crippen LogP contribution in [0.2, 0.25) is 0 Å². The summed E-state index contributed by atoms with van der Waals surface area (Å²) >= 11 is 1.30. The van der Waals surface area contributed by atoms with Crippen molar-refractivity contribution in [1.29, 1.82) is 0 Å². The van der Waals surface area contributed by atoms with Crippen LogP contribution < -0.4 is 10.1 Å². The molecule has 0 aliphatic carbocycles. The van der Waals surface area contributed by atoms with Crippen molar-refractivity contribution < 1.29 is 9.53 Å². The number of rotatable bonds is 6. The number of thioether (sulfide) groups is 1. The van der Waals surface area contributed by atoms with Gasteiger partial charge in [-0.3, -0.25) is 4.79 Å². The third-order valence-corrected chi connectivity index (χ3v) is 5.07. The molecule has 0 spiro atoms. The Kier molecular flexibility index (Phi) is 5.75. The molecule has 0 saturated carbocycles. The maximum Gasteiger partial charge on any atom is 0.237 e. The van der Waals surface area contributed by atoms with Gasteiger partial charge in [0.2, 0.25) is 11.1 Å². The highest BCUT2D eigenvalue weighted by atomic mass is 32.2. The molecular weight excluding hydrogens is 362 g/mol. The maximum absolute atomic E-state index is 12.6. The van der Waals surface area contributed by atoms with Gasteiger partial charge in [-0.1, -0.05) is 41.6 Å². The lowest BCUT2D eigenvalue weighted by Gasteiger charge is -2.14. The van der Waals surface area contributed by atoms with Crippen LogP contribution >= 0.6 is 11.8 Å². The lowest BCUT2D eigenvalue weighted by atomic mass is 10.1. The summed E-state index contributed by atoms with van der Waals surface area (Å²) in [5.41, 5.74) is 3.76. The molecule has 0 radical (unpaired) electrons. The van der Waals surface area contributed by atoms with Gasteiger partial charge in [0.15, 0.2) is 0 Å². The quantitative estimate of drug-likeness (QED) is 0.657. The Morgan fingerprint density at radius 2 is 2.00 bits per heavy atom. The van der Waals surface area contributed by atoms with Crippen LogP contribution in [0.4, 0.5) is 5.69 Å². The normalized spacial score (nSPS) is 11.9. The van der Waals surface area contributed by atoms with Crippen molar-refractivity contribution >= 4 is 23.4 Å². The molecule has 1 aromatic heterocycles. The largest absolute Gasteiger partial charge is 0.495 e. The highest BCUT2D eigenvalue weighted by molar-refractivity contribution is 8.00. The zero-order chi connectivity index (χ0) is 19.4. The number of para-hydroxylation sites is 2. The third-order valence-electron chi connectivity index (χ3n) is 4.04. The lowest BCUT2D eigenvalue weighted by Crippen LogP contribution is -2.23. The molecule has 0 fully saturated rings. The van der Waals surface area contributed by atoms with E-state index < -0.39 is 5.25 Å². The number of carbonyl (C=O) groups is 1. The number of tetrazole rings is 1. The molecule has 140 valence electrons. The van der Waals surface area contributed by atoms with Crippen molar-refractivity contribution in [3.8, 4) is 11.4 Å². The van der Waals surface area contributed by atoms with Gasteiger partial charge in [-0.25, -0.2) is 0 Å². The minimum absolute atomic E-state index is 0.153. The second kappa shape index (κ2) is 8.22. The molecule has 1 N–H and O–H groups in total. The van der Waals surface area contributed by atoms with E-state index in [-0.39, 0.29) is 5.91 Å². The standard InChI is InChI=1S/C19H21N5O2S/c1-12-9-10-16(13(2)11-12)24-19(21-22-23-24)27-14(3)18(25)20-15-7-5-6-8-17(15)26-4/h5-11,14H,1-4H3,(H,20,25)/t14-/m1/s1. The number of benzene rings is 2. The Morgan fingerprint density at radius 3 is 2.74 bits per heavy atom. The summed E-state index contributed by atoms with van der Waals surface area (Å²) in [7, 11) is 1.57. The molecule has 0 saturated heterocycles. The van der Waals surface area contributed by atoms with E-state index in [2.05, 4.69) is 26.9 Å². The van der Waals surface area contributed by atoms with Gasteiger partial charge in [-0.15, -0.1) is 5.10 Å². The van der Waals surface area contributed by atoms with Gasteiger partial charge < -0.3 is 10.1 Å². The average Bonchev–Trinajstić information content (AvgIpc) is 3.10. The van der Waals surface area contributed by atoms with Crippen LogP contribution in [-0.4, -0.2) is 38.5 Å². The van der Waals surface area contributed by atoms with Gasteiger partial charge in [0.05, 0.1) is 23.7 Å². The molecule has 0 aliphatic heterocycles. The molecule has 8 heteroatoms. The van der Waals surface area contributed by atoms with Crippen LogP contribution in [0.15, 0.2) is 47.6 Å². The number of carbonyl (C=O) groups excluding carboxylic acids is 1. The van der Waals surface area contributed by atoms with Crippen molar-refractivity contribution in [1.82, 2.24) is 20.2 Å². The summed E-state index contributed by atoms with van der Waals surface area (Å²) < 4.78 is 6.93. The maximum atomic E-state index is 12.6. The van der Waals surface area contributed by atoms with Crippen LogP contribution in [0.5, 0.6) is 5.75 Å². The van der Waals surface area contributed by atoms with Crippen LogP contribution in [0.3, 0.4) is 0 Å². The van der Waals surface area contributed by atoms with Crippen LogP contribution in [0.25, 0.3) is 5.69 Å². The molecule has 1 atom stereocenters. The Morgan fingerprint density at radius 1 is 1.22 bits per heavy atom.